The first-order chi connectivity index (χ1) is 17.2. The molecule has 36 heavy (non-hydrogen) atoms. The molecule has 0 bridgehead atoms. The van der Waals surface area contributed by atoms with Crippen molar-refractivity contribution >= 4 is 17.9 Å². The van der Waals surface area contributed by atoms with E-state index in [1.165, 1.54) is 64.2 Å². The molecule has 0 aromatic heterocycles. The second kappa shape index (κ2) is 20.2. The largest absolute Gasteiger partial charge is 0.477 e. The topological polar surface area (TPSA) is 112 Å². The number of carbonyl (C=O) groups is 3. The Bertz CT molecular complexity index is 593. The van der Waals surface area contributed by atoms with Crippen LogP contribution >= 0.6 is 0 Å². The first-order valence-electron chi connectivity index (χ1n) is 14.4. The van der Waals surface area contributed by atoms with Crippen molar-refractivity contribution < 1.29 is 34.2 Å². The Morgan fingerprint density at radius 2 is 0.889 bits per heavy atom. The summed E-state index contributed by atoms with van der Waals surface area (Å²) in [5, 5.41) is 29.9. The predicted molar refractivity (Wildman–Crippen MR) is 145 cm³/mol. The lowest BCUT2D eigenvalue weighted by Gasteiger charge is -2.49. The van der Waals surface area contributed by atoms with Crippen LogP contribution in [0.1, 0.15) is 130 Å². The number of carboxylic acid groups (broad SMARTS) is 3. The van der Waals surface area contributed by atoms with Crippen LogP contribution in [0.2, 0.25) is 0 Å². The Hall–Kier alpha value is -1.89. The Balaban J connectivity index is 4.96. The minimum absolute atomic E-state index is 0.172. The van der Waals surface area contributed by atoms with Crippen LogP contribution in [-0.2, 0) is 14.4 Å². The molecule has 0 spiro atoms. The number of hydrogen-bond donors (Lipinski definition) is 3. The highest BCUT2D eigenvalue weighted by atomic mass is 16.4. The summed E-state index contributed by atoms with van der Waals surface area (Å²) < 4.78 is -0.452. The van der Waals surface area contributed by atoms with Crippen LogP contribution in [0, 0.1) is 0 Å². The number of carboxylic acids is 3. The van der Waals surface area contributed by atoms with E-state index in [0.29, 0.717) is 6.42 Å². The molecule has 0 aliphatic heterocycles. The van der Waals surface area contributed by atoms with Gasteiger partial charge in [-0.3, -0.25) is 4.48 Å². The van der Waals surface area contributed by atoms with Crippen LogP contribution in [0.4, 0.5) is 0 Å². The summed E-state index contributed by atoms with van der Waals surface area (Å²) in [5.41, 5.74) is 0. The first-order valence-corrected chi connectivity index (χ1v) is 14.4. The zero-order valence-electron chi connectivity index (χ0n) is 23.4. The lowest BCUT2D eigenvalue weighted by molar-refractivity contribution is -0.972. The average Bonchev–Trinajstić information content (AvgIpc) is 2.82. The lowest BCUT2D eigenvalue weighted by atomic mass is 9.94. The van der Waals surface area contributed by atoms with E-state index in [1.54, 1.807) is 20.8 Å². The molecule has 0 heterocycles. The third-order valence-corrected chi connectivity index (χ3v) is 7.58. The van der Waals surface area contributed by atoms with Crippen LogP contribution < -0.4 is 0 Å². The summed E-state index contributed by atoms with van der Waals surface area (Å²) in [6.45, 7) is 7.49. The standard InChI is InChI=1S/C29H53NO6/c1-5-9-10-11-12-13-14-15-16-17-18-19-20-21-22-23-30(24(6-2)27(31)32,25(7-3)28(33)34)26(8-4)29(35)36/h20-21,24-26H,5-19,22-23H2,1-4H3,(H2-,31,32,33,34,35,36)/p+1/b21-20+. The monoisotopic (exact) mass is 512 g/mol. The number of aliphatic carboxylic acids is 3. The summed E-state index contributed by atoms with van der Waals surface area (Å²) in [7, 11) is 0. The SMILES string of the molecule is CCCCCCCCCCCCC/C=C/CC[N+](C(CC)C(=O)O)(C(CC)C(=O)O)C(CC)C(=O)O. The van der Waals surface area contributed by atoms with Gasteiger partial charge in [-0.2, -0.15) is 0 Å². The van der Waals surface area contributed by atoms with Crippen LogP contribution in [0.3, 0.4) is 0 Å². The van der Waals surface area contributed by atoms with Crippen molar-refractivity contribution in [3.05, 3.63) is 12.2 Å². The minimum atomic E-state index is -1.14. The number of allylic oxidation sites excluding steroid dienone is 1. The third kappa shape index (κ3) is 11.4. The predicted octanol–water partition coefficient (Wildman–Crippen LogP) is 7.04. The van der Waals surface area contributed by atoms with Gasteiger partial charge in [0, 0.05) is 25.7 Å². The maximum absolute atomic E-state index is 12.2. The zero-order valence-corrected chi connectivity index (χ0v) is 23.4. The molecule has 0 aliphatic carbocycles. The number of rotatable bonds is 24. The number of quaternary nitrogens is 1. The molecule has 3 atom stereocenters. The van der Waals surface area contributed by atoms with Gasteiger partial charge in [0.15, 0.2) is 18.1 Å². The molecule has 7 nitrogen and oxygen atoms in total. The second-order valence-corrected chi connectivity index (χ2v) is 10.1. The fourth-order valence-electron chi connectivity index (χ4n) is 5.74. The van der Waals surface area contributed by atoms with Crippen molar-refractivity contribution in [3.63, 3.8) is 0 Å². The van der Waals surface area contributed by atoms with Crippen molar-refractivity contribution in [2.45, 2.75) is 149 Å². The summed E-state index contributed by atoms with van der Waals surface area (Å²) in [4.78, 5) is 36.6. The Morgan fingerprint density at radius 3 is 1.22 bits per heavy atom. The molecule has 3 N–H and O–H groups in total. The van der Waals surface area contributed by atoms with E-state index >= 15 is 0 Å². The quantitative estimate of drug-likeness (QED) is 0.0726. The van der Waals surface area contributed by atoms with Gasteiger partial charge in [0.2, 0.25) is 0 Å². The normalized spacial score (nSPS) is 15.9. The molecular weight excluding hydrogens is 458 g/mol. The van der Waals surface area contributed by atoms with Gasteiger partial charge in [-0.1, -0.05) is 104 Å². The first kappa shape index (κ1) is 34.1. The summed E-state index contributed by atoms with van der Waals surface area (Å²) in [5.74, 6) is -3.41. The van der Waals surface area contributed by atoms with Crippen molar-refractivity contribution in [2.24, 2.45) is 0 Å². The van der Waals surface area contributed by atoms with Gasteiger partial charge in [0.25, 0.3) is 0 Å². The van der Waals surface area contributed by atoms with Gasteiger partial charge < -0.3 is 15.3 Å². The van der Waals surface area contributed by atoms with Crippen LogP contribution in [0.25, 0.3) is 0 Å². The summed E-state index contributed by atoms with van der Waals surface area (Å²) >= 11 is 0. The minimum Gasteiger partial charge on any atom is -0.477 e. The summed E-state index contributed by atoms with van der Waals surface area (Å²) in [6, 6.07) is -3.27. The highest BCUT2D eigenvalue weighted by Crippen LogP contribution is 2.32. The van der Waals surface area contributed by atoms with E-state index in [2.05, 4.69) is 13.0 Å². The smallest absolute Gasteiger partial charge is 0.362 e. The lowest BCUT2D eigenvalue weighted by Crippen LogP contribution is -2.72. The molecule has 0 fully saturated rings. The van der Waals surface area contributed by atoms with Crippen LogP contribution in [0.15, 0.2) is 12.2 Å². The third-order valence-electron chi connectivity index (χ3n) is 7.58. The van der Waals surface area contributed by atoms with E-state index in [-0.39, 0.29) is 25.8 Å². The molecule has 7 heteroatoms. The molecule has 0 amide bonds. The number of hydrogen-bond acceptors (Lipinski definition) is 3. The molecule has 0 rings (SSSR count). The molecule has 0 aliphatic rings. The molecule has 210 valence electrons. The second-order valence-electron chi connectivity index (χ2n) is 10.1. The molecule has 0 saturated carbocycles. The number of nitrogens with zero attached hydrogens (tertiary/aromatic N) is 1. The van der Waals surface area contributed by atoms with Gasteiger partial charge in [0.05, 0.1) is 6.54 Å². The van der Waals surface area contributed by atoms with Crippen molar-refractivity contribution in [3.8, 4) is 0 Å². The fraction of sp³-hybridized carbons (Fsp3) is 0.828. The maximum atomic E-state index is 12.2. The van der Waals surface area contributed by atoms with Crippen molar-refractivity contribution in [2.75, 3.05) is 6.54 Å². The van der Waals surface area contributed by atoms with Crippen LogP contribution in [-0.4, -0.2) is 62.4 Å². The van der Waals surface area contributed by atoms with Crippen molar-refractivity contribution in [1.29, 1.82) is 0 Å². The van der Waals surface area contributed by atoms with Crippen LogP contribution in [0.5, 0.6) is 0 Å². The van der Waals surface area contributed by atoms with E-state index in [4.69, 9.17) is 0 Å². The fourth-order valence-corrected chi connectivity index (χ4v) is 5.74. The van der Waals surface area contributed by atoms with Gasteiger partial charge >= 0.3 is 17.9 Å². The summed E-state index contributed by atoms with van der Waals surface area (Å²) in [6.07, 6.45) is 20.1. The molecule has 0 aromatic rings. The Morgan fingerprint density at radius 1 is 0.556 bits per heavy atom. The Labute approximate surface area is 219 Å². The van der Waals surface area contributed by atoms with E-state index in [9.17, 15) is 29.7 Å². The molecule has 3 unspecified atom stereocenters. The molecule has 0 aromatic carbocycles. The highest BCUT2D eigenvalue weighted by molar-refractivity contribution is 5.78. The number of unbranched alkanes of at least 4 members (excludes halogenated alkanes) is 11. The van der Waals surface area contributed by atoms with Gasteiger partial charge in [-0.15, -0.1) is 0 Å². The van der Waals surface area contributed by atoms with E-state index < -0.39 is 40.5 Å². The van der Waals surface area contributed by atoms with E-state index in [1.807, 2.05) is 6.08 Å². The maximum Gasteiger partial charge on any atom is 0.362 e. The van der Waals surface area contributed by atoms with E-state index in [0.717, 1.165) is 12.8 Å². The highest BCUT2D eigenvalue weighted by Gasteiger charge is 2.55. The van der Waals surface area contributed by atoms with Gasteiger partial charge in [-0.25, -0.2) is 14.4 Å². The molecule has 0 radical (unpaired) electrons. The average molecular weight is 513 g/mol. The molecular formula is C29H54NO6+. The van der Waals surface area contributed by atoms with Crippen molar-refractivity contribution in [1.82, 2.24) is 0 Å². The van der Waals surface area contributed by atoms with Gasteiger partial charge in [-0.05, 0) is 12.8 Å². The molecule has 0 saturated heterocycles. The Kier molecular flexibility index (Phi) is 19.1. The zero-order chi connectivity index (χ0) is 27.4. The van der Waals surface area contributed by atoms with Gasteiger partial charge in [0.1, 0.15) is 0 Å².